The van der Waals surface area contributed by atoms with Crippen LogP contribution in [0.25, 0.3) is 45.0 Å². The molecule has 2 unspecified atom stereocenters. The normalized spacial score (nSPS) is 12.1. The number of nitrogens with one attached hydrogen (secondary N) is 2. The number of aliphatic hydroxyl groups is 2. The van der Waals surface area contributed by atoms with E-state index < -0.39 is 11.6 Å². The van der Waals surface area contributed by atoms with E-state index in [0.717, 1.165) is 22.5 Å². The highest BCUT2D eigenvalue weighted by Crippen LogP contribution is 2.29. The van der Waals surface area contributed by atoms with Gasteiger partial charge in [-0.25, -0.2) is 18.7 Å². The SMILES string of the molecule is NC(CO)Cn1ccc(-c2ccc(Oc3ncc(-c4ccn[nH]4)cc3F)cc2)n1.NC(CO)Cn1ccc(-c2ccc(Oc3ncc(-c4ccn[nH]4)cc3F)cc2)n1. The van der Waals surface area contributed by atoms with Crippen molar-refractivity contribution in [2.24, 2.45) is 11.5 Å². The molecular formula is C40H38F2N12O4. The Morgan fingerprint density at radius 2 is 1.00 bits per heavy atom. The fourth-order valence-corrected chi connectivity index (χ4v) is 5.57. The largest absolute Gasteiger partial charge is 0.436 e. The molecule has 0 aliphatic heterocycles. The summed E-state index contributed by atoms with van der Waals surface area (Å²) in [6, 6.07) is 23.3. The number of halogens is 2. The van der Waals surface area contributed by atoms with Crippen LogP contribution in [0, 0.1) is 11.6 Å². The summed E-state index contributed by atoms with van der Waals surface area (Å²) in [4.78, 5) is 8.11. The van der Waals surface area contributed by atoms with Crippen LogP contribution in [0.2, 0.25) is 0 Å². The van der Waals surface area contributed by atoms with Crippen molar-refractivity contribution in [3.8, 4) is 68.3 Å². The number of hydrogen-bond donors (Lipinski definition) is 6. The van der Waals surface area contributed by atoms with Crippen molar-refractivity contribution in [3.63, 3.8) is 0 Å². The summed E-state index contributed by atoms with van der Waals surface area (Å²) >= 11 is 0. The van der Waals surface area contributed by atoms with E-state index in [9.17, 15) is 8.78 Å². The Kier molecular flexibility index (Phi) is 12.3. The van der Waals surface area contributed by atoms with Gasteiger partial charge < -0.3 is 31.2 Å². The highest BCUT2D eigenvalue weighted by Gasteiger charge is 2.13. The number of benzene rings is 2. The lowest BCUT2D eigenvalue weighted by Crippen LogP contribution is -2.30. The number of pyridine rings is 2. The van der Waals surface area contributed by atoms with Crippen molar-refractivity contribution in [3.05, 3.63) is 134 Å². The van der Waals surface area contributed by atoms with Gasteiger partial charge >= 0.3 is 0 Å². The topological polar surface area (TPSA) is 230 Å². The zero-order valence-corrected chi connectivity index (χ0v) is 30.7. The number of nitrogens with zero attached hydrogens (tertiary/aromatic N) is 8. The Bertz CT molecular complexity index is 2330. The third kappa shape index (κ3) is 9.81. The van der Waals surface area contributed by atoms with Gasteiger partial charge in [0.25, 0.3) is 11.8 Å². The maximum atomic E-state index is 14.3. The number of nitrogens with two attached hydrogens (primary N) is 2. The van der Waals surface area contributed by atoms with Gasteiger partial charge in [-0.15, -0.1) is 0 Å². The van der Waals surface area contributed by atoms with Gasteiger partial charge in [0.15, 0.2) is 11.6 Å². The molecule has 0 bridgehead atoms. The molecule has 0 spiro atoms. The Morgan fingerprint density at radius 1 is 0.586 bits per heavy atom. The van der Waals surface area contributed by atoms with Gasteiger partial charge in [-0.2, -0.15) is 20.4 Å². The van der Waals surface area contributed by atoms with Crippen LogP contribution in [0.4, 0.5) is 8.78 Å². The highest BCUT2D eigenvalue weighted by atomic mass is 19.1. The average Bonchev–Trinajstić information content (AvgIpc) is 4.10. The molecule has 18 heteroatoms. The minimum atomic E-state index is -0.569. The van der Waals surface area contributed by atoms with E-state index >= 15 is 0 Å². The number of rotatable bonds is 14. The molecule has 2 atom stereocenters. The molecular weight excluding hydrogens is 751 g/mol. The molecule has 0 amide bonds. The second-order valence-electron chi connectivity index (χ2n) is 12.9. The summed E-state index contributed by atoms with van der Waals surface area (Å²) in [5, 5.41) is 40.2. The second-order valence-corrected chi connectivity index (χ2v) is 12.9. The van der Waals surface area contributed by atoms with Crippen LogP contribution in [0.1, 0.15) is 0 Å². The van der Waals surface area contributed by atoms with Crippen molar-refractivity contribution in [1.82, 2.24) is 49.9 Å². The Morgan fingerprint density at radius 3 is 1.34 bits per heavy atom. The zero-order valence-electron chi connectivity index (χ0n) is 30.7. The molecule has 0 saturated heterocycles. The van der Waals surface area contributed by atoms with Crippen LogP contribution in [-0.4, -0.2) is 85.4 Å². The molecule has 8 rings (SSSR count). The molecule has 16 nitrogen and oxygen atoms in total. The van der Waals surface area contributed by atoms with E-state index in [1.165, 1.54) is 24.5 Å². The number of aromatic amines is 2. The molecule has 0 radical (unpaired) electrons. The fourth-order valence-electron chi connectivity index (χ4n) is 5.57. The lowest BCUT2D eigenvalue weighted by molar-refractivity contribution is 0.250. The van der Waals surface area contributed by atoms with Crippen LogP contribution in [0.3, 0.4) is 0 Å². The third-order valence-corrected chi connectivity index (χ3v) is 8.56. The van der Waals surface area contributed by atoms with E-state index in [-0.39, 0.29) is 37.1 Å². The van der Waals surface area contributed by atoms with Crippen LogP contribution >= 0.6 is 0 Å². The number of aliphatic hydroxyl groups excluding tert-OH is 2. The molecule has 58 heavy (non-hydrogen) atoms. The van der Waals surface area contributed by atoms with Gasteiger partial charge in [0, 0.05) is 71.5 Å². The summed E-state index contributed by atoms with van der Waals surface area (Å²) < 4.78 is 43.2. The van der Waals surface area contributed by atoms with E-state index in [0.29, 0.717) is 47.1 Å². The summed E-state index contributed by atoms with van der Waals surface area (Å²) in [7, 11) is 0. The molecule has 2 aromatic carbocycles. The predicted molar refractivity (Wildman–Crippen MR) is 209 cm³/mol. The van der Waals surface area contributed by atoms with Gasteiger partial charge in [-0.3, -0.25) is 19.6 Å². The second kappa shape index (κ2) is 18.2. The van der Waals surface area contributed by atoms with Gasteiger partial charge in [0.1, 0.15) is 11.5 Å². The summed E-state index contributed by atoms with van der Waals surface area (Å²) in [6.07, 6.45) is 9.81. The van der Waals surface area contributed by atoms with Crippen LogP contribution in [0.5, 0.6) is 23.3 Å². The van der Waals surface area contributed by atoms with Crippen molar-refractivity contribution in [2.75, 3.05) is 13.2 Å². The van der Waals surface area contributed by atoms with Crippen LogP contribution < -0.4 is 20.9 Å². The van der Waals surface area contributed by atoms with Gasteiger partial charge in [0.05, 0.1) is 49.1 Å². The quantitative estimate of drug-likeness (QED) is 0.0838. The van der Waals surface area contributed by atoms with Crippen LogP contribution in [-0.2, 0) is 13.1 Å². The summed E-state index contributed by atoms with van der Waals surface area (Å²) in [5.74, 6) is -0.445. The maximum Gasteiger partial charge on any atom is 0.255 e. The first-order valence-corrected chi connectivity index (χ1v) is 17.9. The molecule has 0 aliphatic carbocycles. The summed E-state index contributed by atoms with van der Waals surface area (Å²) in [5.41, 5.74) is 17.2. The molecule has 6 heterocycles. The molecule has 296 valence electrons. The smallest absolute Gasteiger partial charge is 0.255 e. The first kappa shape index (κ1) is 39.1. The van der Waals surface area contributed by atoms with Gasteiger partial charge in [0.2, 0.25) is 0 Å². The molecule has 0 fully saturated rings. The van der Waals surface area contributed by atoms with Gasteiger partial charge in [-0.1, -0.05) is 0 Å². The van der Waals surface area contributed by atoms with Crippen molar-refractivity contribution < 1.29 is 28.5 Å². The minimum Gasteiger partial charge on any atom is -0.436 e. The summed E-state index contributed by atoms with van der Waals surface area (Å²) in [6.45, 7) is 0.651. The van der Waals surface area contributed by atoms with Gasteiger partial charge in [-0.05, 0) is 84.9 Å². The molecule has 0 aliphatic rings. The first-order valence-electron chi connectivity index (χ1n) is 17.9. The number of H-pyrrole nitrogens is 2. The minimum absolute atomic E-state index is 0.102. The van der Waals surface area contributed by atoms with Crippen molar-refractivity contribution in [2.45, 2.75) is 25.2 Å². The van der Waals surface area contributed by atoms with Crippen molar-refractivity contribution >= 4 is 0 Å². The molecule has 8 aromatic rings. The Labute approximate surface area is 329 Å². The monoisotopic (exact) mass is 788 g/mol. The molecule has 8 N–H and O–H groups in total. The van der Waals surface area contributed by atoms with E-state index in [1.807, 2.05) is 36.4 Å². The number of hydrogen-bond acceptors (Lipinski definition) is 12. The fraction of sp³-hybridized carbons (Fsp3) is 0.150. The highest BCUT2D eigenvalue weighted by molar-refractivity contribution is 5.62. The third-order valence-electron chi connectivity index (χ3n) is 8.56. The average molecular weight is 789 g/mol. The molecule has 6 aromatic heterocycles. The lowest BCUT2D eigenvalue weighted by Gasteiger charge is -2.08. The van der Waals surface area contributed by atoms with Crippen molar-refractivity contribution in [1.29, 1.82) is 0 Å². The lowest BCUT2D eigenvalue weighted by atomic mass is 10.1. The zero-order chi connectivity index (χ0) is 40.4. The van der Waals surface area contributed by atoms with Crippen LogP contribution in [0.15, 0.2) is 122 Å². The number of ether oxygens (including phenoxy) is 2. The first-order chi connectivity index (χ1) is 28.2. The maximum absolute atomic E-state index is 14.3. The Balaban J connectivity index is 0.000000177. The Hall–Kier alpha value is -7.12. The van der Waals surface area contributed by atoms with E-state index in [1.54, 1.807) is 70.5 Å². The number of aromatic nitrogens is 10. The molecule has 0 saturated carbocycles. The predicted octanol–water partition coefficient (Wildman–Crippen LogP) is 5.17. The van der Waals surface area contributed by atoms with E-state index in [4.69, 9.17) is 31.2 Å². The standard InChI is InChI=1S/2C20H19FN6O2/c2*21-17-9-14(18-5-7-24-25-18)10-23-20(17)29-16-3-1-13(2-4-16)19-6-8-27(26-19)11-15(22)12-28/h2*1-10,15,28H,11-12,22H2,(H,24,25). The van der Waals surface area contributed by atoms with E-state index in [2.05, 4.69) is 40.6 Å².